The number of hydrogen-bond donors (Lipinski definition) is 0. The number of benzene rings is 1. The van der Waals surface area contributed by atoms with Gasteiger partial charge in [-0.1, -0.05) is 24.3 Å². The van der Waals surface area contributed by atoms with Crippen molar-refractivity contribution in [3.8, 4) is 0 Å². The highest BCUT2D eigenvalue weighted by atomic mass is 15.3. The maximum Gasteiger partial charge on any atom is 0.163 e. The van der Waals surface area contributed by atoms with Crippen molar-refractivity contribution in [2.24, 2.45) is 7.05 Å². The van der Waals surface area contributed by atoms with Crippen LogP contribution in [0.4, 0.5) is 5.82 Å². The number of aryl methyl sites for hydroxylation is 2. The van der Waals surface area contributed by atoms with E-state index in [0.29, 0.717) is 0 Å². The number of hydrogen-bond acceptors (Lipinski definition) is 4. The quantitative estimate of drug-likeness (QED) is 0.676. The van der Waals surface area contributed by atoms with Crippen LogP contribution in [0, 0.1) is 6.92 Å². The molecule has 0 N–H and O–H groups in total. The predicted octanol–water partition coefficient (Wildman–Crippen LogP) is 2.19. The zero-order valence-corrected chi connectivity index (χ0v) is 11.5. The number of fused-ring (bicyclic) bond motifs is 2. The van der Waals surface area contributed by atoms with Crippen molar-refractivity contribution in [3.05, 3.63) is 47.4 Å². The highest BCUT2D eigenvalue weighted by Gasteiger charge is 2.22. The van der Waals surface area contributed by atoms with E-state index in [1.807, 2.05) is 20.2 Å². The molecule has 0 bridgehead atoms. The lowest BCUT2D eigenvalue weighted by atomic mass is 10.1. The minimum Gasteiger partial charge on any atom is -0.347 e. The molecule has 0 radical (unpaired) electrons. The van der Waals surface area contributed by atoms with Crippen molar-refractivity contribution in [1.82, 2.24) is 19.7 Å². The van der Waals surface area contributed by atoms with E-state index in [9.17, 15) is 0 Å². The van der Waals surface area contributed by atoms with Gasteiger partial charge in [-0.05, 0) is 18.1 Å². The zero-order chi connectivity index (χ0) is 13.7. The molecule has 0 aliphatic carbocycles. The Hall–Kier alpha value is -2.43. The average molecular weight is 265 g/mol. The Kier molecular flexibility index (Phi) is 2.30. The maximum absolute atomic E-state index is 4.64. The summed E-state index contributed by atoms with van der Waals surface area (Å²) in [6.45, 7) is 3.73. The van der Waals surface area contributed by atoms with Gasteiger partial charge < -0.3 is 4.90 Å². The van der Waals surface area contributed by atoms with Gasteiger partial charge in [0.25, 0.3) is 0 Å². The highest BCUT2D eigenvalue weighted by Crippen LogP contribution is 2.31. The Balaban J connectivity index is 1.84. The molecule has 0 saturated heterocycles. The Morgan fingerprint density at radius 2 is 1.75 bits per heavy atom. The third-order valence-corrected chi connectivity index (χ3v) is 3.82. The topological polar surface area (TPSA) is 46.8 Å². The van der Waals surface area contributed by atoms with Gasteiger partial charge in [0, 0.05) is 20.1 Å². The van der Waals surface area contributed by atoms with Crippen molar-refractivity contribution >= 4 is 16.9 Å². The van der Waals surface area contributed by atoms with Crippen LogP contribution >= 0.6 is 0 Å². The molecular weight excluding hydrogens is 250 g/mol. The number of aromatic nitrogens is 4. The summed E-state index contributed by atoms with van der Waals surface area (Å²) >= 11 is 0. The molecule has 4 rings (SSSR count). The summed E-state index contributed by atoms with van der Waals surface area (Å²) in [6.07, 6.45) is 1.85. The minimum absolute atomic E-state index is 0.784. The lowest BCUT2D eigenvalue weighted by Crippen LogP contribution is -2.17. The second-order valence-corrected chi connectivity index (χ2v) is 5.22. The molecule has 3 heterocycles. The van der Waals surface area contributed by atoms with Crippen LogP contribution < -0.4 is 4.90 Å². The summed E-state index contributed by atoms with van der Waals surface area (Å²) in [7, 11) is 1.91. The lowest BCUT2D eigenvalue weighted by Gasteiger charge is -2.17. The van der Waals surface area contributed by atoms with Gasteiger partial charge in [-0.2, -0.15) is 5.10 Å². The fraction of sp³-hybridized carbons (Fsp3) is 0.267. The maximum atomic E-state index is 4.64. The van der Waals surface area contributed by atoms with Crippen molar-refractivity contribution in [1.29, 1.82) is 0 Å². The van der Waals surface area contributed by atoms with E-state index in [4.69, 9.17) is 0 Å². The van der Waals surface area contributed by atoms with E-state index in [1.54, 1.807) is 4.68 Å². The van der Waals surface area contributed by atoms with Gasteiger partial charge in [-0.3, -0.25) is 4.68 Å². The van der Waals surface area contributed by atoms with E-state index < -0.39 is 0 Å². The summed E-state index contributed by atoms with van der Waals surface area (Å²) in [6, 6.07) is 8.55. The van der Waals surface area contributed by atoms with Gasteiger partial charge in [-0.25, -0.2) is 9.97 Å². The standard InChI is InChI=1S/C15H15N5/c1-10-17-14-13(7-16-19(14)2)15(18-10)20-8-11-5-3-4-6-12(11)9-20/h3-7H,8-9H2,1-2H3. The molecule has 0 unspecified atom stereocenters. The summed E-state index contributed by atoms with van der Waals surface area (Å²) in [5.41, 5.74) is 3.64. The smallest absolute Gasteiger partial charge is 0.163 e. The molecule has 1 aromatic carbocycles. The molecule has 0 spiro atoms. The predicted molar refractivity (Wildman–Crippen MR) is 77.4 cm³/mol. The first kappa shape index (κ1) is 11.4. The molecule has 1 aliphatic rings. The second kappa shape index (κ2) is 4.03. The molecule has 0 saturated carbocycles. The molecular formula is C15H15N5. The van der Waals surface area contributed by atoms with E-state index >= 15 is 0 Å². The molecule has 5 nitrogen and oxygen atoms in total. The molecule has 0 fully saturated rings. The third-order valence-electron chi connectivity index (χ3n) is 3.82. The molecule has 2 aromatic heterocycles. The molecule has 0 amide bonds. The SMILES string of the molecule is Cc1nc(N2Cc3ccccc3C2)c2cnn(C)c2n1. The Morgan fingerprint density at radius 1 is 1.05 bits per heavy atom. The van der Waals surface area contributed by atoms with Crippen LogP contribution in [0.15, 0.2) is 30.5 Å². The van der Waals surface area contributed by atoms with Gasteiger partial charge >= 0.3 is 0 Å². The zero-order valence-electron chi connectivity index (χ0n) is 11.5. The van der Waals surface area contributed by atoms with E-state index in [1.165, 1.54) is 11.1 Å². The largest absolute Gasteiger partial charge is 0.347 e. The first-order valence-electron chi connectivity index (χ1n) is 6.70. The van der Waals surface area contributed by atoms with E-state index in [-0.39, 0.29) is 0 Å². The fourth-order valence-electron chi connectivity index (χ4n) is 2.84. The van der Waals surface area contributed by atoms with Crippen molar-refractivity contribution in [2.45, 2.75) is 20.0 Å². The summed E-state index contributed by atoms with van der Waals surface area (Å²) in [4.78, 5) is 11.4. The van der Waals surface area contributed by atoms with Gasteiger partial charge in [0.15, 0.2) is 5.65 Å². The first-order valence-corrected chi connectivity index (χ1v) is 6.70. The van der Waals surface area contributed by atoms with Crippen molar-refractivity contribution in [3.63, 3.8) is 0 Å². The van der Waals surface area contributed by atoms with E-state index in [0.717, 1.165) is 35.8 Å². The Labute approximate surface area is 116 Å². The van der Waals surface area contributed by atoms with Crippen LogP contribution in [0.2, 0.25) is 0 Å². The minimum atomic E-state index is 0.784. The second-order valence-electron chi connectivity index (χ2n) is 5.22. The van der Waals surface area contributed by atoms with Gasteiger partial charge in [0.05, 0.1) is 11.6 Å². The molecule has 1 aliphatic heterocycles. The normalized spacial score (nSPS) is 14.0. The Bertz CT molecular complexity index is 780. The van der Waals surface area contributed by atoms with Crippen LogP contribution in [0.3, 0.4) is 0 Å². The van der Waals surface area contributed by atoms with Crippen LogP contribution in [0.1, 0.15) is 17.0 Å². The van der Waals surface area contributed by atoms with Crippen molar-refractivity contribution in [2.75, 3.05) is 4.90 Å². The molecule has 3 aromatic rings. The Morgan fingerprint density at radius 3 is 2.45 bits per heavy atom. The van der Waals surface area contributed by atoms with Gasteiger partial charge in [0.2, 0.25) is 0 Å². The number of nitrogens with zero attached hydrogens (tertiary/aromatic N) is 5. The van der Waals surface area contributed by atoms with Gasteiger partial charge in [0.1, 0.15) is 11.6 Å². The summed E-state index contributed by atoms with van der Waals surface area (Å²) in [5.74, 6) is 1.77. The molecule has 5 heteroatoms. The monoisotopic (exact) mass is 265 g/mol. The third kappa shape index (κ3) is 1.59. The van der Waals surface area contributed by atoms with Crippen molar-refractivity contribution < 1.29 is 0 Å². The highest BCUT2D eigenvalue weighted by molar-refractivity contribution is 5.87. The first-order chi connectivity index (χ1) is 9.72. The summed E-state index contributed by atoms with van der Waals surface area (Å²) in [5, 5.41) is 5.32. The molecule has 20 heavy (non-hydrogen) atoms. The summed E-state index contributed by atoms with van der Waals surface area (Å²) < 4.78 is 1.80. The van der Waals surface area contributed by atoms with Gasteiger partial charge in [-0.15, -0.1) is 0 Å². The fourth-order valence-corrected chi connectivity index (χ4v) is 2.84. The van der Waals surface area contributed by atoms with Crippen LogP contribution in [0.25, 0.3) is 11.0 Å². The number of rotatable bonds is 1. The van der Waals surface area contributed by atoms with Crippen LogP contribution in [0.5, 0.6) is 0 Å². The molecule has 100 valence electrons. The average Bonchev–Trinajstić information content (AvgIpc) is 3.02. The van der Waals surface area contributed by atoms with E-state index in [2.05, 4.69) is 44.2 Å². The number of anilines is 1. The van der Waals surface area contributed by atoms with Crippen LogP contribution in [-0.2, 0) is 20.1 Å². The van der Waals surface area contributed by atoms with Crippen LogP contribution in [-0.4, -0.2) is 19.7 Å². The molecule has 0 atom stereocenters. The lowest BCUT2D eigenvalue weighted by molar-refractivity contribution is 0.781.